The van der Waals surface area contributed by atoms with Crippen LogP contribution in [0.2, 0.25) is 0 Å². The zero-order chi connectivity index (χ0) is 25.6. The zero-order valence-corrected chi connectivity index (χ0v) is 22.1. The van der Waals surface area contributed by atoms with Crippen molar-refractivity contribution >= 4 is 27.3 Å². The van der Waals surface area contributed by atoms with Gasteiger partial charge < -0.3 is 9.64 Å². The van der Waals surface area contributed by atoms with Crippen LogP contribution in [-0.2, 0) is 20.3 Å². The Morgan fingerprint density at radius 1 is 1.11 bits per heavy atom. The number of carbonyl (C=O) groups is 1. The molecule has 2 aromatic heterocycles. The molecule has 2 heterocycles. The van der Waals surface area contributed by atoms with Gasteiger partial charge in [-0.25, -0.2) is 22.8 Å². The lowest BCUT2D eigenvalue weighted by atomic mass is 10.1. The second kappa shape index (κ2) is 11.7. The van der Waals surface area contributed by atoms with Gasteiger partial charge in [0.2, 0.25) is 0 Å². The smallest absolute Gasteiger partial charge is 0.421 e. The lowest BCUT2D eigenvalue weighted by molar-refractivity contribution is 0.129. The van der Waals surface area contributed by atoms with Crippen LogP contribution >= 0.6 is 11.3 Å². The molecule has 0 atom stereocenters. The molecule has 0 aliphatic rings. The summed E-state index contributed by atoms with van der Waals surface area (Å²) in [5, 5.41) is 2.00. The van der Waals surface area contributed by atoms with Crippen molar-refractivity contribution in [2.75, 3.05) is 26.2 Å². The van der Waals surface area contributed by atoms with Crippen molar-refractivity contribution in [3.05, 3.63) is 68.9 Å². The maximum atomic E-state index is 13.4. The van der Waals surface area contributed by atoms with E-state index in [0.29, 0.717) is 22.9 Å². The molecule has 0 amide bonds. The highest BCUT2D eigenvalue weighted by molar-refractivity contribution is 7.90. The van der Waals surface area contributed by atoms with E-state index in [2.05, 4.69) is 9.88 Å². The summed E-state index contributed by atoms with van der Waals surface area (Å²) >= 11 is 1.16. The minimum atomic E-state index is -3.57. The molecule has 0 unspecified atom stereocenters. The average Bonchev–Trinajstić information content (AvgIpc) is 3.29. The second-order valence-corrected chi connectivity index (χ2v) is 11.2. The highest BCUT2D eigenvalue weighted by atomic mass is 32.2. The number of sulfone groups is 1. The Morgan fingerprint density at radius 3 is 2.43 bits per heavy atom. The van der Waals surface area contributed by atoms with E-state index in [0.717, 1.165) is 29.0 Å². The normalized spacial score (nSPS) is 11.8. The van der Waals surface area contributed by atoms with Gasteiger partial charge in [0.1, 0.15) is 17.4 Å². The number of thiazole rings is 1. The van der Waals surface area contributed by atoms with Gasteiger partial charge >= 0.3 is 6.09 Å². The fourth-order valence-electron chi connectivity index (χ4n) is 3.63. The van der Waals surface area contributed by atoms with Crippen molar-refractivity contribution in [1.82, 2.24) is 14.5 Å². The first-order valence-electron chi connectivity index (χ1n) is 11.6. The molecule has 0 radical (unpaired) electrons. The Bertz CT molecular complexity index is 1310. The number of ether oxygens (including phenoxy) is 1. The molecule has 0 aliphatic carbocycles. The summed E-state index contributed by atoms with van der Waals surface area (Å²) in [6.07, 6.45) is -0.727. The van der Waals surface area contributed by atoms with Gasteiger partial charge in [-0.2, -0.15) is 0 Å². The Labute approximate surface area is 210 Å². The van der Waals surface area contributed by atoms with Crippen LogP contribution in [0.15, 0.2) is 57.5 Å². The van der Waals surface area contributed by atoms with Crippen LogP contribution in [0.25, 0.3) is 11.3 Å². The summed E-state index contributed by atoms with van der Waals surface area (Å²) in [4.78, 5) is 33.0. The van der Waals surface area contributed by atoms with Crippen LogP contribution in [0.1, 0.15) is 44.3 Å². The van der Waals surface area contributed by atoms with E-state index in [9.17, 15) is 18.0 Å². The van der Waals surface area contributed by atoms with E-state index in [1.54, 1.807) is 47.8 Å². The number of hydrogen-bond donors (Lipinski definition) is 0. The highest BCUT2D eigenvalue weighted by Gasteiger charge is 2.22. The zero-order valence-electron chi connectivity index (χ0n) is 20.4. The Balaban J connectivity index is 1.88. The molecule has 8 nitrogen and oxygen atoms in total. The fourth-order valence-corrected chi connectivity index (χ4v) is 6.07. The van der Waals surface area contributed by atoms with Crippen molar-refractivity contribution in [1.29, 1.82) is 0 Å². The maximum Gasteiger partial charge on any atom is 0.421 e. The van der Waals surface area contributed by atoms with Crippen molar-refractivity contribution in [3.8, 4) is 11.3 Å². The van der Waals surface area contributed by atoms with E-state index < -0.39 is 21.5 Å². The largest absolute Gasteiger partial charge is 0.447 e. The number of likely N-dealkylation sites (N-methyl/N-ethyl adjacent to an activating group) is 1. The number of aromatic nitrogens is 2. The predicted molar refractivity (Wildman–Crippen MR) is 138 cm³/mol. The monoisotopic (exact) mass is 517 g/mol. The summed E-state index contributed by atoms with van der Waals surface area (Å²) in [7, 11) is -3.57. The van der Waals surface area contributed by atoms with Gasteiger partial charge in [-0.15, -0.1) is 11.3 Å². The lowest BCUT2D eigenvalue weighted by Gasteiger charge is -2.19. The van der Waals surface area contributed by atoms with Crippen molar-refractivity contribution in [2.24, 2.45) is 0 Å². The topological polar surface area (TPSA) is 98.6 Å². The predicted octanol–water partition coefficient (Wildman–Crippen LogP) is 4.40. The number of nitrogens with zero attached hydrogens (tertiary/aromatic N) is 3. The molecule has 0 spiro atoms. The first-order valence-corrected chi connectivity index (χ1v) is 14.1. The third-order valence-electron chi connectivity index (χ3n) is 5.66. The Hall–Kier alpha value is -2.82. The molecule has 3 rings (SSSR count). The van der Waals surface area contributed by atoms with Gasteiger partial charge in [0, 0.05) is 17.6 Å². The summed E-state index contributed by atoms with van der Waals surface area (Å²) in [5.41, 5.74) is 0.550. The number of benzene rings is 1. The molecule has 0 saturated heterocycles. The summed E-state index contributed by atoms with van der Waals surface area (Å²) < 4.78 is 31.9. The van der Waals surface area contributed by atoms with E-state index in [-0.39, 0.29) is 28.7 Å². The molecule has 35 heavy (non-hydrogen) atoms. The van der Waals surface area contributed by atoms with Gasteiger partial charge in [0.25, 0.3) is 5.56 Å². The molecular formula is C25H31N3O5S2. The van der Waals surface area contributed by atoms with Crippen molar-refractivity contribution in [3.63, 3.8) is 0 Å². The van der Waals surface area contributed by atoms with E-state index in [4.69, 9.17) is 4.74 Å². The fraction of sp³-hybridized carbons (Fsp3) is 0.400. The third kappa shape index (κ3) is 6.45. The van der Waals surface area contributed by atoms with E-state index in [1.807, 2.05) is 27.7 Å². The van der Waals surface area contributed by atoms with Crippen LogP contribution in [0, 0.1) is 0 Å². The lowest BCUT2D eigenvalue weighted by Crippen LogP contribution is -2.34. The molecule has 0 saturated carbocycles. The number of pyridine rings is 1. The second-order valence-electron chi connectivity index (χ2n) is 8.31. The molecule has 0 aliphatic heterocycles. The van der Waals surface area contributed by atoms with Crippen LogP contribution in [0.3, 0.4) is 0 Å². The van der Waals surface area contributed by atoms with E-state index >= 15 is 0 Å². The molecule has 3 aromatic rings. The molecule has 0 bridgehead atoms. The number of carbonyl (C=O) groups excluding carboxylic acids is 1. The van der Waals surface area contributed by atoms with Gasteiger partial charge in [-0.3, -0.25) is 4.79 Å². The maximum absolute atomic E-state index is 13.4. The first-order chi connectivity index (χ1) is 16.7. The minimum Gasteiger partial charge on any atom is -0.447 e. The number of rotatable bonds is 10. The highest BCUT2D eigenvalue weighted by Crippen LogP contribution is 2.24. The van der Waals surface area contributed by atoms with Crippen LogP contribution in [-0.4, -0.2) is 55.2 Å². The van der Waals surface area contributed by atoms with Gasteiger partial charge in [-0.05, 0) is 43.3 Å². The summed E-state index contributed by atoms with van der Waals surface area (Å²) in [6.45, 7) is 10.3. The van der Waals surface area contributed by atoms with Crippen LogP contribution in [0.5, 0.6) is 0 Å². The quantitative estimate of drug-likeness (QED) is 0.393. The minimum absolute atomic E-state index is 0.0888. The molecule has 1 aromatic carbocycles. The molecule has 0 N–H and O–H groups in total. The van der Waals surface area contributed by atoms with Crippen molar-refractivity contribution in [2.45, 2.75) is 44.3 Å². The SMILES string of the molecule is CCN(CC)CCOC(=O)n1c(C(C)C)ccc(-c2csc(CS(=O)(=O)c3ccccc3)n2)c1=O. The standard InChI is InChI=1S/C25H31N3O5S2/c1-5-27(6-2)14-15-33-25(30)28-22(18(3)4)13-12-20(24(28)29)21-16-34-23(26-21)17-35(31,32)19-10-8-7-9-11-19/h7-13,16,18H,5-6,14-15,17H2,1-4H3. The third-order valence-corrected chi connectivity index (χ3v) is 8.33. The Morgan fingerprint density at radius 2 is 1.80 bits per heavy atom. The molecule has 188 valence electrons. The first kappa shape index (κ1) is 26.8. The van der Waals surface area contributed by atoms with Gasteiger partial charge in [-0.1, -0.05) is 45.9 Å². The van der Waals surface area contributed by atoms with Gasteiger partial charge in [0.15, 0.2) is 9.84 Å². The molecule has 0 fully saturated rings. The summed E-state index contributed by atoms with van der Waals surface area (Å²) in [6, 6.07) is 11.5. The van der Waals surface area contributed by atoms with Crippen LogP contribution in [0.4, 0.5) is 4.79 Å². The number of hydrogen-bond acceptors (Lipinski definition) is 8. The molecular weight excluding hydrogens is 486 g/mol. The van der Waals surface area contributed by atoms with Crippen LogP contribution < -0.4 is 5.56 Å². The molecule has 10 heteroatoms. The average molecular weight is 518 g/mol. The Kier molecular flexibility index (Phi) is 8.98. The summed E-state index contributed by atoms with van der Waals surface area (Å²) in [5.74, 6) is -0.359. The van der Waals surface area contributed by atoms with Crippen molar-refractivity contribution < 1.29 is 17.9 Å². The van der Waals surface area contributed by atoms with Gasteiger partial charge in [0.05, 0.1) is 16.2 Å². The van der Waals surface area contributed by atoms with E-state index in [1.165, 1.54) is 0 Å².